The van der Waals surface area contributed by atoms with Crippen molar-refractivity contribution in [1.82, 2.24) is 9.88 Å². The molecule has 4 heteroatoms. The number of hydrogen-bond donors (Lipinski definition) is 1. The molecule has 2 aliphatic heterocycles. The van der Waals surface area contributed by atoms with Crippen molar-refractivity contribution in [2.24, 2.45) is 0 Å². The van der Waals surface area contributed by atoms with Crippen molar-refractivity contribution < 1.29 is 0 Å². The largest absolute Gasteiger partial charge is 0.370 e. The summed E-state index contributed by atoms with van der Waals surface area (Å²) < 4.78 is 0. The van der Waals surface area contributed by atoms with Crippen molar-refractivity contribution in [2.45, 2.75) is 37.8 Å². The second-order valence-corrected chi connectivity index (χ2v) is 5.93. The molecule has 0 aliphatic carbocycles. The maximum absolute atomic E-state index is 4.75. The Kier molecular flexibility index (Phi) is 4.07. The number of nitrogens with zero attached hydrogens (tertiary/aromatic N) is 2. The molecule has 1 atom stereocenters. The topological polar surface area (TPSA) is 28.2 Å². The molecule has 1 saturated heterocycles. The third-order valence-corrected chi connectivity index (χ3v) is 4.28. The lowest BCUT2D eigenvalue weighted by Gasteiger charge is -2.17. The summed E-state index contributed by atoms with van der Waals surface area (Å²) in [5, 5.41) is 3.41. The number of nitrogens with one attached hydrogen (secondary N) is 1. The lowest BCUT2D eigenvalue weighted by molar-refractivity contribution is 0.417. The molecule has 0 bridgehead atoms. The molecule has 19 heavy (non-hydrogen) atoms. The van der Waals surface area contributed by atoms with Gasteiger partial charge in [0, 0.05) is 12.2 Å². The maximum Gasteiger partial charge on any atom is 0.129 e. The van der Waals surface area contributed by atoms with E-state index in [0.29, 0.717) is 0 Å². The van der Waals surface area contributed by atoms with Gasteiger partial charge in [-0.15, -0.1) is 0 Å². The molecule has 0 spiro atoms. The van der Waals surface area contributed by atoms with Gasteiger partial charge in [0.25, 0.3) is 0 Å². The number of hydrogen-bond acceptors (Lipinski definition) is 3. The van der Waals surface area contributed by atoms with Crippen LogP contribution in [0.4, 0.5) is 5.82 Å². The number of likely N-dealkylation sites (tertiary alicyclic amines) is 1. The van der Waals surface area contributed by atoms with Crippen LogP contribution in [0.3, 0.4) is 0 Å². The van der Waals surface area contributed by atoms with Crippen LogP contribution in [0.2, 0.25) is 12.1 Å². The van der Waals surface area contributed by atoms with Gasteiger partial charge in [0.05, 0.1) is 0 Å². The second kappa shape index (κ2) is 5.95. The van der Waals surface area contributed by atoms with E-state index in [2.05, 4.69) is 36.7 Å². The van der Waals surface area contributed by atoms with Gasteiger partial charge in [-0.25, -0.2) is 4.98 Å². The molecular weight excluding hydrogens is 233 g/mol. The lowest BCUT2D eigenvalue weighted by Crippen LogP contribution is -2.15. The highest BCUT2D eigenvalue weighted by Crippen LogP contribution is 2.22. The normalized spacial score (nSPS) is 22.9. The Morgan fingerprint density at radius 2 is 2.42 bits per heavy atom. The Morgan fingerprint density at radius 1 is 1.47 bits per heavy atom. The van der Waals surface area contributed by atoms with E-state index in [4.69, 9.17) is 4.98 Å². The number of rotatable bonds is 4. The Bertz CT molecular complexity index is 435. The van der Waals surface area contributed by atoms with Crippen LogP contribution >= 0.6 is 0 Å². The summed E-state index contributed by atoms with van der Waals surface area (Å²) in [4.78, 5) is 7.17. The minimum absolute atomic E-state index is 0.792. The van der Waals surface area contributed by atoms with Gasteiger partial charge in [-0.3, -0.25) is 0 Å². The fourth-order valence-corrected chi connectivity index (χ4v) is 3.14. The minimum Gasteiger partial charge on any atom is -0.370 e. The first-order valence-corrected chi connectivity index (χ1v) is 7.56. The van der Waals surface area contributed by atoms with E-state index in [-0.39, 0.29) is 0 Å². The number of aryl methyl sites for hydroxylation is 2. The number of anilines is 1. The molecule has 0 amide bonds. The van der Waals surface area contributed by atoms with Gasteiger partial charge < -0.3 is 10.2 Å². The Labute approximate surface area is 117 Å². The molecule has 1 aromatic rings. The van der Waals surface area contributed by atoms with Crippen LogP contribution in [0, 0.1) is 0 Å². The van der Waals surface area contributed by atoms with Gasteiger partial charge in [-0.1, -0.05) is 18.2 Å². The molecule has 1 aromatic heterocycles. The van der Waals surface area contributed by atoms with Crippen LogP contribution in [-0.2, 0) is 12.8 Å². The van der Waals surface area contributed by atoms with Gasteiger partial charge in [-0.05, 0) is 57.5 Å². The fraction of sp³-hybridized carbons (Fsp3) is 0.667. The predicted molar refractivity (Wildman–Crippen MR) is 81.2 cm³/mol. The summed E-state index contributed by atoms with van der Waals surface area (Å²) in [7, 11) is 4.71. The third kappa shape index (κ3) is 3.30. The molecule has 1 radical (unpaired) electrons. The number of fused-ring (bicyclic) bond motifs is 1. The summed E-state index contributed by atoms with van der Waals surface area (Å²) in [6.45, 7) is 3.56. The fourth-order valence-electron chi connectivity index (χ4n) is 3.14. The van der Waals surface area contributed by atoms with Crippen molar-refractivity contribution in [3.05, 3.63) is 23.4 Å². The van der Waals surface area contributed by atoms with Crippen molar-refractivity contribution in [2.75, 3.05) is 32.0 Å². The first-order valence-electron chi connectivity index (χ1n) is 7.56. The van der Waals surface area contributed by atoms with Crippen molar-refractivity contribution in [3.8, 4) is 0 Å². The quantitative estimate of drug-likeness (QED) is 0.837. The Balaban J connectivity index is 1.50. The van der Waals surface area contributed by atoms with Crippen molar-refractivity contribution in [3.63, 3.8) is 0 Å². The zero-order valence-corrected chi connectivity index (χ0v) is 11.9. The highest BCUT2D eigenvalue weighted by atomic mass is 15.1. The smallest absolute Gasteiger partial charge is 0.129 e. The molecule has 1 N–H and O–H groups in total. The average Bonchev–Trinajstić information content (AvgIpc) is 2.84. The zero-order valence-electron chi connectivity index (χ0n) is 11.9. The van der Waals surface area contributed by atoms with E-state index in [1.165, 1.54) is 43.6 Å². The van der Waals surface area contributed by atoms with E-state index in [1.807, 2.05) is 0 Å². The summed E-state index contributed by atoms with van der Waals surface area (Å²) >= 11 is 0. The number of aromatic nitrogens is 1. The molecule has 1 unspecified atom stereocenters. The van der Waals surface area contributed by atoms with E-state index in [1.54, 1.807) is 0 Å². The van der Waals surface area contributed by atoms with Crippen LogP contribution in [0.5, 0.6) is 0 Å². The first kappa shape index (κ1) is 13.0. The van der Waals surface area contributed by atoms with Gasteiger partial charge in [-0.2, -0.15) is 0 Å². The zero-order chi connectivity index (χ0) is 13.1. The van der Waals surface area contributed by atoms with E-state index in [9.17, 15) is 0 Å². The SMILES string of the molecule is CN1CCC([B]CCc2ccc3c(n2)NCCC3)C1. The average molecular weight is 256 g/mol. The molecule has 0 aromatic carbocycles. The molecule has 0 saturated carbocycles. The third-order valence-electron chi connectivity index (χ3n) is 4.28. The van der Waals surface area contributed by atoms with Gasteiger partial charge in [0.15, 0.2) is 0 Å². The van der Waals surface area contributed by atoms with E-state index >= 15 is 0 Å². The minimum atomic E-state index is 0.792. The molecule has 1 fully saturated rings. The van der Waals surface area contributed by atoms with Crippen molar-refractivity contribution in [1.29, 1.82) is 0 Å². The highest BCUT2D eigenvalue weighted by molar-refractivity contribution is 6.37. The van der Waals surface area contributed by atoms with Gasteiger partial charge in [0.1, 0.15) is 13.1 Å². The van der Waals surface area contributed by atoms with E-state index < -0.39 is 0 Å². The van der Waals surface area contributed by atoms with Gasteiger partial charge in [0.2, 0.25) is 0 Å². The van der Waals surface area contributed by atoms with Crippen LogP contribution < -0.4 is 5.32 Å². The van der Waals surface area contributed by atoms with E-state index in [0.717, 1.165) is 30.9 Å². The first-order chi connectivity index (χ1) is 9.31. The predicted octanol–water partition coefficient (Wildman–Crippen LogP) is 2.23. The molecule has 2 aliphatic rings. The second-order valence-electron chi connectivity index (χ2n) is 5.93. The Morgan fingerprint density at radius 3 is 3.26 bits per heavy atom. The molecule has 3 nitrogen and oxygen atoms in total. The lowest BCUT2D eigenvalue weighted by atomic mass is 9.60. The van der Waals surface area contributed by atoms with Crippen LogP contribution in [0.1, 0.15) is 24.1 Å². The monoisotopic (exact) mass is 256 g/mol. The standard InChI is InChI=1S/C15H23BN3/c1-19-10-7-13(11-19)16-8-6-14-5-4-12-3-2-9-17-15(12)18-14/h4-5,13H,2-3,6-11H2,1H3,(H,17,18). The summed E-state index contributed by atoms with van der Waals surface area (Å²) in [5.41, 5.74) is 2.62. The summed E-state index contributed by atoms with van der Waals surface area (Å²) in [6, 6.07) is 4.47. The van der Waals surface area contributed by atoms with Crippen molar-refractivity contribution >= 4 is 13.1 Å². The molecule has 3 rings (SSSR count). The van der Waals surface area contributed by atoms with Gasteiger partial charge >= 0.3 is 0 Å². The molecule has 3 heterocycles. The van der Waals surface area contributed by atoms with Crippen LogP contribution in [0.15, 0.2) is 12.1 Å². The number of pyridine rings is 1. The van der Waals surface area contributed by atoms with Crippen LogP contribution in [0.25, 0.3) is 0 Å². The molecule has 101 valence electrons. The maximum atomic E-state index is 4.75. The summed E-state index contributed by atoms with van der Waals surface area (Å²) in [6.07, 6.45) is 5.97. The van der Waals surface area contributed by atoms with Crippen LogP contribution in [-0.4, -0.2) is 43.8 Å². The Hall–Kier alpha value is -1.03. The summed E-state index contributed by atoms with van der Waals surface area (Å²) in [5.74, 6) is 1.92. The molecular formula is C15H23BN3. The highest BCUT2D eigenvalue weighted by Gasteiger charge is 2.19.